The van der Waals surface area contributed by atoms with Crippen LogP contribution in [0.1, 0.15) is 25.5 Å². The maximum absolute atomic E-state index is 5.97. The Labute approximate surface area is 131 Å². The highest BCUT2D eigenvalue weighted by Crippen LogP contribution is 2.22. The predicted molar refractivity (Wildman–Crippen MR) is 85.9 cm³/mol. The van der Waals surface area contributed by atoms with E-state index in [0.29, 0.717) is 12.6 Å². The van der Waals surface area contributed by atoms with E-state index in [0.717, 1.165) is 38.0 Å². The third-order valence-corrected chi connectivity index (χ3v) is 4.28. The van der Waals surface area contributed by atoms with Crippen LogP contribution >= 0.6 is 0 Å². The molecule has 6 heteroatoms. The zero-order chi connectivity index (χ0) is 15.2. The molecule has 0 radical (unpaired) electrons. The number of fused-ring (bicyclic) bond motifs is 1. The number of hydrogen-bond acceptors (Lipinski definition) is 4. The lowest BCUT2D eigenvalue weighted by atomic mass is 10.2. The van der Waals surface area contributed by atoms with Crippen LogP contribution in [0.5, 0.6) is 0 Å². The molecule has 2 atom stereocenters. The minimum Gasteiger partial charge on any atom is -0.467 e. The Morgan fingerprint density at radius 3 is 3.23 bits per heavy atom. The van der Waals surface area contributed by atoms with E-state index in [-0.39, 0.29) is 6.10 Å². The molecule has 22 heavy (non-hydrogen) atoms. The van der Waals surface area contributed by atoms with Crippen LogP contribution in [0, 0.1) is 0 Å². The van der Waals surface area contributed by atoms with E-state index in [2.05, 4.69) is 27.4 Å². The molecule has 2 N–H and O–H groups in total. The fraction of sp³-hybridized carbons (Fsp3) is 0.688. The third kappa shape index (κ3) is 4.01. The number of nitrogens with zero attached hydrogens (tertiary/aromatic N) is 2. The van der Waals surface area contributed by atoms with Crippen molar-refractivity contribution in [2.75, 3.05) is 32.8 Å². The summed E-state index contributed by atoms with van der Waals surface area (Å²) in [6, 6.07) is 4.47. The number of nitrogens with one attached hydrogen (secondary N) is 2. The fourth-order valence-electron chi connectivity index (χ4n) is 3.12. The largest absolute Gasteiger partial charge is 0.467 e. The molecule has 6 nitrogen and oxygen atoms in total. The summed E-state index contributed by atoms with van der Waals surface area (Å²) in [6.45, 7) is 7.34. The van der Waals surface area contributed by atoms with Gasteiger partial charge in [0.2, 0.25) is 0 Å². The molecule has 122 valence electrons. The average molecular weight is 306 g/mol. The van der Waals surface area contributed by atoms with Crippen molar-refractivity contribution in [2.24, 2.45) is 4.99 Å². The molecular formula is C16H26N4O2. The van der Waals surface area contributed by atoms with Crippen LogP contribution in [0.15, 0.2) is 27.8 Å². The number of morpholine rings is 1. The van der Waals surface area contributed by atoms with Gasteiger partial charge in [-0.15, -0.1) is 0 Å². The number of furan rings is 1. The second-order valence-electron chi connectivity index (χ2n) is 5.90. The fourth-order valence-corrected chi connectivity index (χ4v) is 3.12. The lowest BCUT2D eigenvalue weighted by Gasteiger charge is -2.35. The Morgan fingerprint density at radius 1 is 1.45 bits per heavy atom. The molecule has 0 amide bonds. The van der Waals surface area contributed by atoms with Crippen LogP contribution in [0.4, 0.5) is 0 Å². The summed E-state index contributed by atoms with van der Waals surface area (Å²) < 4.78 is 11.3. The molecule has 2 fully saturated rings. The van der Waals surface area contributed by atoms with Gasteiger partial charge in [-0.2, -0.15) is 0 Å². The number of rotatable bonds is 5. The average Bonchev–Trinajstić information content (AvgIpc) is 3.20. The first-order valence-electron chi connectivity index (χ1n) is 8.25. The number of aliphatic imine (C=N–C) groups is 1. The van der Waals surface area contributed by atoms with Gasteiger partial charge in [0.15, 0.2) is 5.96 Å². The van der Waals surface area contributed by atoms with Gasteiger partial charge in [-0.05, 0) is 38.4 Å². The molecule has 0 aliphatic carbocycles. The van der Waals surface area contributed by atoms with Crippen molar-refractivity contribution >= 4 is 5.96 Å². The summed E-state index contributed by atoms with van der Waals surface area (Å²) in [5, 5.41) is 6.64. The molecule has 3 rings (SSSR count). The van der Waals surface area contributed by atoms with E-state index in [1.807, 2.05) is 12.1 Å². The minimum atomic E-state index is 0.238. The van der Waals surface area contributed by atoms with Gasteiger partial charge in [0.05, 0.1) is 19.0 Å². The molecule has 2 aliphatic heterocycles. The molecule has 0 aromatic carbocycles. The Kier molecular flexibility index (Phi) is 5.34. The van der Waals surface area contributed by atoms with Gasteiger partial charge in [0, 0.05) is 25.7 Å². The summed E-state index contributed by atoms with van der Waals surface area (Å²) in [4.78, 5) is 7.10. The molecule has 0 saturated carbocycles. The van der Waals surface area contributed by atoms with E-state index in [1.54, 1.807) is 6.26 Å². The van der Waals surface area contributed by atoms with Gasteiger partial charge in [-0.25, -0.2) is 4.99 Å². The van der Waals surface area contributed by atoms with Crippen LogP contribution in [-0.2, 0) is 11.3 Å². The number of guanidine groups is 1. The Hall–Kier alpha value is -1.53. The van der Waals surface area contributed by atoms with E-state index < -0.39 is 0 Å². The highest BCUT2D eigenvalue weighted by molar-refractivity contribution is 5.79. The number of hydrogen-bond donors (Lipinski definition) is 2. The van der Waals surface area contributed by atoms with Crippen molar-refractivity contribution in [3.63, 3.8) is 0 Å². The standard InChI is InChI=1S/C16H26N4O2/c1-2-17-16(18-9-14-6-4-8-21-14)19-10-15-11-20-7-3-5-13(20)12-22-15/h4,6,8,13,15H,2-3,5,7,9-12H2,1H3,(H2,17,18,19). The number of ether oxygens (including phenoxy) is 1. The van der Waals surface area contributed by atoms with Gasteiger partial charge in [0.1, 0.15) is 12.3 Å². The zero-order valence-electron chi connectivity index (χ0n) is 13.3. The van der Waals surface area contributed by atoms with E-state index >= 15 is 0 Å². The van der Waals surface area contributed by atoms with Crippen molar-refractivity contribution in [3.8, 4) is 0 Å². The molecular weight excluding hydrogens is 280 g/mol. The van der Waals surface area contributed by atoms with Crippen LogP contribution in [0.2, 0.25) is 0 Å². The minimum absolute atomic E-state index is 0.238. The molecule has 2 aliphatic rings. The van der Waals surface area contributed by atoms with Crippen molar-refractivity contribution in [1.29, 1.82) is 0 Å². The lowest BCUT2D eigenvalue weighted by molar-refractivity contribution is -0.0453. The lowest BCUT2D eigenvalue weighted by Crippen LogP contribution is -2.51. The van der Waals surface area contributed by atoms with Gasteiger partial charge >= 0.3 is 0 Å². The van der Waals surface area contributed by atoms with Gasteiger partial charge in [-0.1, -0.05) is 0 Å². The maximum Gasteiger partial charge on any atom is 0.191 e. The quantitative estimate of drug-likeness (QED) is 0.632. The van der Waals surface area contributed by atoms with E-state index in [9.17, 15) is 0 Å². The molecule has 2 saturated heterocycles. The predicted octanol–water partition coefficient (Wildman–Crippen LogP) is 1.20. The van der Waals surface area contributed by atoms with Crippen molar-refractivity contribution in [2.45, 2.75) is 38.5 Å². The van der Waals surface area contributed by atoms with Gasteiger partial charge < -0.3 is 19.8 Å². The van der Waals surface area contributed by atoms with Gasteiger partial charge in [0.25, 0.3) is 0 Å². The van der Waals surface area contributed by atoms with E-state index in [1.165, 1.54) is 19.4 Å². The first-order chi connectivity index (χ1) is 10.8. The smallest absolute Gasteiger partial charge is 0.191 e. The molecule has 2 unspecified atom stereocenters. The zero-order valence-corrected chi connectivity index (χ0v) is 13.3. The first kappa shape index (κ1) is 15.4. The molecule has 1 aromatic heterocycles. The summed E-state index contributed by atoms with van der Waals surface area (Å²) in [6.07, 6.45) is 4.50. The summed E-state index contributed by atoms with van der Waals surface area (Å²) in [7, 11) is 0. The summed E-state index contributed by atoms with van der Waals surface area (Å²) in [5.41, 5.74) is 0. The molecule has 0 spiro atoms. The van der Waals surface area contributed by atoms with Crippen molar-refractivity contribution < 1.29 is 9.15 Å². The molecule has 0 bridgehead atoms. The Morgan fingerprint density at radius 2 is 2.41 bits per heavy atom. The first-order valence-corrected chi connectivity index (χ1v) is 8.25. The van der Waals surface area contributed by atoms with Gasteiger partial charge in [-0.3, -0.25) is 4.90 Å². The van der Waals surface area contributed by atoms with Crippen LogP contribution in [-0.4, -0.2) is 55.8 Å². The maximum atomic E-state index is 5.97. The Balaban J connectivity index is 1.47. The SMILES string of the molecule is CCNC(=NCc1ccco1)NCC1CN2CCCC2CO1. The van der Waals surface area contributed by atoms with Crippen LogP contribution < -0.4 is 10.6 Å². The van der Waals surface area contributed by atoms with Crippen LogP contribution in [0.3, 0.4) is 0 Å². The van der Waals surface area contributed by atoms with Crippen LogP contribution in [0.25, 0.3) is 0 Å². The molecule has 1 aromatic rings. The van der Waals surface area contributed by atoms with Crippen molar-refractivity contribution in [3.05, 3.63) is 24.2 Å². The topological polar surface area (TPSA) is 62.0 Å². The van der Waals surface area contributed by atoms with Crippen molar-refractivity contribution in [1.82, 2.24) is 15.5 Å². The second kappa shape index (κ2) is 7.65. The normalized spacial score (nSPS) is 26.0. The monoisotopic (exact) mass is 306 g/mol. The highest BCUT2D eigenvalue weighted by Gasteiger charge is 2.32. The third-order valence-electron chi connectivity index (χ3n) is 4.28. The summed E-state index contributed by atoms with van der Waals surface area (Å²) in [5.74, 6) is 1.68. The Bertz CT molecular complexity index is 475. The van der Waals surface area contributed by atoms with E-state index in [4.69, 9.17) is 9.15 Å². The molecule has 3 heterocycles. The summed E-state index contributed by atoms with van der Waals surface area (Å²) >= 11 is 0. The second-order valence-corrected chi connectivity index (χ2v) is 5.90. The highest BCUT2D eigenvalue weighted by atomic mass is 16.5.